The first-order chi connectivity index (χ1) is 15.1. The number of nitrogens with zero attached hydrogens (tertiary/aromatic N) is 4. The summed E-state index contributed by atoms with van der Waals surface area (Å²) >= 11 is 0. The van der Waals surface area contributed by atoms with Gasteiger partial charge >= 0.3 is 5.97 Å². The van der Waals surface area contributed by atoms with Crippen LogP contribution in [0.25, 0.3) is 22.0 Å². The van der Waals surface area contributed by atoms with E-state index in [0.29, 0.717) is 12.1 Å². The predicted molar refractivity (Wildman–Crippen MR) is 118 cm³/mol. The van der Waals surface area contributed by atoms with E-state index in [1.54, 1.807) is 12.3 Å². The molecule has 8 heteroatoms. The van der Waals surface area contributed by atoms with Crippen LogP contribution in [0, 0.1) is 0 Å². The van der Waals surface area contributed by atoms with Crippen LogP contribution in [0.5, 0.6) is 0 Å². The molecule has 0 saturated carbocycles. The minimum absolute atomic E-state index is 0.166. The standard InChI is InChI=1S/C23H27N5O3/c1-30-23(29)20-11-16(12-25-22(20)24)15-2-3-21-17(10-15)13-26-28(21)19-4-7-27(14-19)18-5-8-31-9-6-18/h2-3,10-13,18-19H,4-9,14H2,1H3,(H2,24,25). The molecule has 0 radical (unpaired) electrons. The molecular formula is C23H27N5O3. The van der Waals surface area contributed by atoms with E-state index in [-0.39, 0.29) is 11.4 Å². The van der Waals surface area contributed by atoms with Crippen molar-refractivity contribution >= 4 is 22.7 Å². The summed E-state index contributed by atoms with van der Waals surface area (Å²) in [5, 5.41) is 5.79. The van der Waals surface area contributed by atoms with E-state index < -0.39 is 5.97 Å². The summed E-state index contributed by atoms with van der Waals surface area (Å²) in [7, 11) is 1.33. The zero-order chi connectivity index (χ0) is 21.4. The Bertz CT molecular complexity index is 1110. The smallest absolute Gasteiger partial charge is 0.341 e. The number of rotatable bonds is 4. The maximum atomic E-state index is 12.0. The fourth-order valence-corrected chi connectivity index (χ4v) is 4.78. The molecule has 0 aliphatic carbocycles. The molecule has 0 bridgehead atoms. The molecular weight excluding hydrogens is 394 g/mol. The summed E-state index contributed by atoms with van der Waals surface area (Å²) in [6, 6.07) is 8.97. The third-order valence-electron chi connectivity index (χ3n) is 6.50. The number of anilines is 1. The minimum atomic E-state index is -0.490. The van der Waals surface area contributed by atoms with Gasteiger partial charge in [-0.3, -0.25) is 9.58 Å². The maximum absolute atomic E-state index is 12.0. The van der Waals surface area contributed by atoms with E-state index in [0.717, 1.165) is 67.6 Å². The van der Waals surface area contributed by atoms with Crippen LogP contribution in [0.3, 0.4) is 0 Å². The normalized spacial score (nSPS) is 20.4. The van der Waals surface area contributed by atoms with E-state index in [1.165, 1.54) is 7.11 Å². The fraction of sp³-hybridized carbons (Fsp3) is 0.435. The maximum Gasteiger partial charge on any atom is 0.341 e. The van der Waals surface area contributed by atoms with Crippen molar-refractivity contribution in [3.8, 4) is 11.1 Å². The van der Waals surface area contributed by atoms with Crippen molar-refractivity contribution in [2.75, 3.05) is 39.1 Å². The Hall–Kier alpha value is -2.97. The summed E-state index contributed by atoms with van der Waals surface area (Å²) in [6.07, 6.45) is 6.95. The Labute approximate surface area is 180 Å². The molecule has 8 nitrogen and oxygen atoms in total. The van der Waals surface area contributed by atoms with Gasteiger partial charge in [0.1, 0.15) is 11.4 Å². The second kappa shape index (κ2) is 8.28. The first-order valence-electron chi connectivity index (χ1n) is 10.8. The first-order valence-corrected chi connectivity index (χ1v) is 10.8. The third kappa shape index (κ3) is 3.77. The molecule has 2 saturated heterocycles. The summed E-state index contributed by atoms with van der Waals surface area (Å²) in [5.74, 6) is -0.323. The van der Waals surface area contributed by atoms with E-state index in [4.69, 9.17) is 20.3 Å². The third-order valence-corrected chi connectivity index (χ3v) is 6.50. The highest BCUT2D eigenvalue weighted by atomic mass is 16.5. The molecule has 1 aromatic carbocycles. The molecule has 2 aliphatic heterocycles. The minimum Gasteiger partial charge on any atom is -0.465 e. The van der Waals surface area contributed by atoms with Crippen molar-refractivity contribution in [1.82, 2.24) is 19.7 Å². The topological polar surface area (TPSA) is 95.5 Å². The Morgan fingerprint density at radius 1 is 1.13 bits per heavy atom. The van der Waals surface area contributed by atoms with E-state index >= 15 is 0 Å². The molecule has 0 amide bonds. The van der Waals surface area contributed by atoms with Gasteiger partial charge < -0.3 is 15.2 Å². The average Bonchev–Trinajstić information content (AvgIpc) is 3.46. The number of nitrogens with two attached hydrogens (primary N) is 1. The lowest BCUT2D eigenvalue weighted by molar-refractivity contribution is 0.0412. The highest BCUT2D eigenvalue weighted by molar-refractivity contribution is 5.96. The molecule has 1 unspecified atom stereocenters. The van der Waals surface area contributed by atoms with Gasteiger partial charge in [0, 0.05) is 49.5 Å². The number of nitrogen functional groups attached to an aromatic ring is 1. The Balaban J connectivity index is 1.39. The molecule has 4 heterocycles. The number of carbonyl (C=O) groups excluding carboxylic acids is 1. The second-order valence-electron chi connectivity index (χ2n) is 8.29. The largest absolute Gasteiger partial charge is 0.465 e. The molecule has 1 atom stereocenters. The number of ether oxygens (including phenoxy) is 2. The zero-order valence-electron chi connectivity index (χ0n) is 17.7. The van der Waals surface area contributed by atoms with Gasteiger partial charge in [-0.25, -0.2) is 9.78 Å². The van der Waals surface area contributed by atoms with Crippen molar-refractivity contribution in [3.63, 3.8) is 0 Å². The molecule has 2 aliphatic rings. The number of aromatic nitrogens is 3. The average molecular weight is 422 g/mol. The number of fused-ring (bicyclic) bond motifs is 1. The predicted octanol–water partition coefficient (Wildman–Crippen LogP) is 2.89. The van der Waals surface area contributed by atoms with Crippen molar-refractivity contribution in [1.29, 1.82) is 0 Å². The molecule has 2 fully saturated rings. The summed E-state index contributed by atoms with van der Waals surface area (Å²) in [5.41, 5.74) is 9.01. The van der Waals surface area contributed by atoms with Gasteiger partial charge in [-0.05, 0) is 43.0 Å². The highest BCUT2D eigenvalue weighted by Gasteiger charge is 2.31. The van der Waals surface area contributed by atoms with Gasteiger partial charge in [0.2, 0.25) is 0 Å². The van der Waals surface area contributed by atoms with Crippen LogP contribution in [0.1, 0.15) is 35.7 Å². The quantitative estimate of drug-likeness (QED) is 0.647. The van der Waals surface area contributed by atoms with Gasteiger partial charge in [-0.1, -0.05) is 6.07 Å². The lowest BCUT2D eigenvalue weighted by atomic mass is 10.0. The summed E-state index contributed by atoms with van der Waals surface area (Å²) in [6.45, 7) is 3.89. The number of pyridine rings is 1. The van der Waals surface area contributed by atoms with Crippen molar-refractivity contribution in [2.24, 2.45) is 0 Å². The number of esters is 1. The van der Waals surface area contributed by atoms with Crippen LogP contribution in [0.15, 0.2) is 36.7 Å². The van der Waals surface area contributed by atoms with Gasteiger partial charge in [-0.15, -0.1) is 0 Å². The lowest BCUT2D eigenvalue weighted by Crippen LogP contribution is -2.38. The number of benzene rings is 1. The van der Waals surface area contributed by atoms with Crippen LogP contribution >= 0.6 is 0 Å². The van der Waals surface area contributed by atoms with Crippen LogP contribution in [-0.2, 0) is 9.47 Å². The molecule has 0 spiro atoms. The number of hydrogen-bond donors (Lipinski definition) is 1. The van der Waals surface area contributed by atoms with Crippen LogP contribution in [0.4, 0.5) is 5.82 Å². The Morgan fingerprint density at radius 2 is 1.97 bits per heavy atom. The Morgan fingerprint density at radius 3 is 2.77 bits per heavy atom. The van der Waals surface area contributed by atoms with Gasteiger partial charge in [0.15, 0.2) is 0 Å². The highest BCUT2D eigenvalue weighted by Crippen LogP contribution is 2.31. The molecule has 162 valence electrons. The fourth-order valence-electron chi connectivity index (χ4n) is 4.78. The summed E-state index contributed by atoms with van der Waals surface area (Å²) in [4.78, 5) is 18.7. The van der Waals surface area contributed by atoms with Gasteiger partial charge in [-0.2, -0.15) is 5.10 Å². The number of likely N-dealkylation sites (tertiary alicyclic amines) is 1. The molecule has 5 rings (SSSR count). The van der Waals surface area contributed by atoms with Crippen LogP contribution in [0.2, 0.25) is 0 Å². The van der Waals surface area contributed by atoms with Crippen molar-refractivity contribution < 1.29 is 14.3 Å². The number of carbonyl (C=O) groups is 1. The van der Waals surface area contributed by atoms with Crippen LogP contribution < -0.4 is 5.73 Å². The van der Waals surface area contributed by atoms with Crippen molar-refractivity contribution in [2.45, 2.75) is 31.3 Å². The Kier molecular flexibility index (Phi) is 5.33. The van der Waals surface area contributed by atoms with Crippen LogP contribution in [-0.4, -0.2) is 65.1 Å². The van der Waals surface area contributed by atoms with Gasteiger partial charge in [0.05, 0.1) is 24.9 Å². The molecule has 2 N–H and O–H groups in total. The first kappa shape index (κ1) is 20.0. The van der Waals surface area contributed by atoms with E-state index in [1.807, 2.05) is 12.3 Å². The SMILES string of the molecule is COC(=O)c1cc(-c2ccc3c(cnn3C3CCN(C4CCOCC4)C3)c2)cnc1N. The number of methoxy groups -OCH3 is 1. The second-order valence-corrected chi connectivity index (χ2v) is 8.29. The molecule has 31 heavy (non-hydrogen) atoms. The van der Waals surface area contributed by atoms with E-state index in [2.05, 4.69) is 26.7 Å². The van der Waals surface area contributed by atoms with Crippen molar-refractivity contribution in [3.05, 3.63) is 42.2 Å². The molecule has 3 aromatic rings. The van der Waals surface area contributed by atoms with Gasteiger partial charge in [0.25, 0.3) is 0 Å². The zero-order valence-corrected chi connectivity index (χ0v) is 17.7. The monoisotopic (exact) mass is 421 g/mol. The summed E-state index contributed by atoms with van der Waals surface area (Å²) < 4.78 is 12.5. The van der Waals surface area contributed by atoms with E-state index in [9.17, 15) is 4.79 Å². The number of hydrogen-bond acceptors (Lipinski definition) is 7. The lowest BCUT2D eigenvalue weighted by Gasteiger charge is -2.31. The molecule has 2 aromatic heterocycles.